The third-order valence-corrected chi connectivity index (χ3v) is 4.22. The van der Waals surface area contributed by atoms with Crippen LogP contribution in [0.2, 0.25) is 0 Å². The van der Waals surface area contributed by atoms with Crippen molar-refractivity contribution in [1.82, 2.24) is 10.2 Å². The van der Waals surface area contributed by atoms with E-state index < -0.39 is 0 Å². The molecule has 1 aliphatic heterocycles. The fraction of sp³-hybridized carbons (Fsp3) is 0.588. The molecular formula is C17H26N2O. The van der Waals surface area contributed by atoms with Crippen LogP contribution in [0.5, 0.6) is 0 Å². The van der Waals surface area contributed by atoms with Crippen molar-refractivity contribution in [3.05, 3.63) is 35.4 Å². The van der Waals surface area contributed by atoms with Gasteiger partial charge >= 0.3 is 0 Å². The maximum atomic E-state index is 12.3. The Balaban J connectivity index is 2.13. The first-order valence-corrected chi connectivity index (χ1v) is 7.71. The third-order valence-electron chi connectivity index (χ3n) is 4.22. The molecule has 2 rings (SSSR count). The van der Waals surface area contributed by atoms with Crippen LogP contribution in [0, 0.1) is 12.8 Å². The van der Waals surface area contributed by atoms with Crippen LogP contribution in [0.3, 0.4) is 0 Å². The molecule has 1 amide bonds. The highest BCUT2D eigenvalue weighted by molar-refractivity contribution is 5.79. The molecule has 0 saturated carbocycles. The molecular weight excluding hydrogens is 248 g/mol. The molecule has 3 nitrogen and oxygen atoms in total. The van der Waals surface area contributed by atoms with E-state index in [1.54, 1.807) is 0 Å². The van der Waals surface area contributed by atoms with E-state index in [1.807, 2.05) is 11.8 Å². The summed E-state index contributed by atoms with van der Waals surface area (Å²) in [6.45, 7) is 8.90. The number of likely N-dealkylation sites (N-methyl/N-ethyl adjacent to an activating group) is 1. The molecule has 2 atom stereocenters. The van der Waals surface area contributed by atoms with Crippen molar-refractivity contribution < 1.29 is 4.79 Å². The number of carbonyl (C=O) groups is 1. The van der Waals surface area contributed by atoms with Gasteiger partial charge in [-0.15, -0.1) is 0 Å². The smallest absolute Gasteiger partial charge is 0.225 e. The number of likely N-dealkylation sites (tertiary alicyclic amines) is 1. The van der Waals surface area contributed by atoms with Gasteiger partial charge in [0.2, 0.25) is 5.91 Å². The van der Waals surface area contributed by atoms with Gasteiger partial charge in [0.25, 0.3) is 0 Å². The summed E-state index contributed by atoms with van der Waals surface area (Å²) in [5.41, 5.74) is 2.59. The Hall–Kier alpha value is -1.35. The summed E-state index contributed by atoms with van der Waals surface area (Å²) in [6, 6.07) is 8.68. The van der Waals surface area contributed by atoms with E-state index >= 15 is 0 Å². The summed E-state index contributed by atoms with van der Waals surface area (Å²) in [6.07, 6.45) is 2.16. The first kappa shape index (κ1) is 15.0. The van der Waals surface area contributed by atoms with Crippen LogP contribution in [-0.4, -0.2) is 30.4 Å². The lowest BCUT2D eigenvalue weighted by Crippen LogP contribution is -2.44. The average molecular weight is 274 g/mol. The molecule has 0 aromatic heterocycles. The van der Waals surface area contributed by atoms with E-state index in [9.17, 15) is 4.79 Å². The molecule has 1 fully saturated rings. The Labute approximate surface area is 122 Å². The second kappa shape index (κ2) is 6.89. The highest BCUT2D eigenvalue weighted by atomic mass is 16.2. The van der Waals surface area contributed by atoms with Crippen LogP contribution >= 0.6 is 0 Å². The summed E-state index contributed by atoms with van der Waals surface area (Å²) >= 11 is 0. The number of rotatable bonds is 5. The number of hydrogen-bond acceptors (Lipinski definition) is 2. The Kier molecular flexibility index (Phi) is 5.18. The lowest BCUT2D eigenvalue weighted by atomic mass is 9.96. The molecule has 1 saturated heterocycles. The zero-order chi connectivity index (χ0) is 14.5. The number of nitrogens with one attached hydrogen (secondary N) is 1. The Morgan fingerprint density at radius 1 is 1.40 bits per heavy atom. The second-order valence-electron chi connectivity index (χ2n) is 5.79. The van der Waals surface area contributed by atoms with Crippen LogP contribution in [0.1, 0.15) is 43.9 Å². The van der Waals surface area contributed by atoms with E-state index in [-0.39, 0.29) is 12.0 Å². The van der Waals surface area contributed by atoms with Crippen molar-refractivity contribution in [2.45, 2.75) is 39.7 Å². The maximum Gasteiger partial charge on any atom is 0.225 e. The van der Waals surface area contributed by atoms with Crippen molar-refractivity contribution in [3.8, 4) is 0 Å². The Morgan fingerprint density at radius 3 is 2.85 bits per heavy atom. The van der Waals surface area contributed by atoms with Gasteiger partial charge in [0, 0.05) is 19.0 Å². The molecule has 110 valence electrons. The molecule has 3 heteroatoms. The predicted molar refractivity (Wildman–Crippen MR) is 82.6 cm³/mol. The monoisotopic (exact) mass is 274 g/mol. The fourth-order valence-electron chi connectivity index (χ4n) is 3.03. The first-order chi connectivity index (χ1) is 9.63. The number of carbonyl (C=O) groups excluding carboxylic acids is 1. The Bertz CT molecular complexity index is 458. The number of aryl methyl sites for hydroxylation is 1. The molecule has 1 aromatic rings. The summed E-state index contributed by atoms with van der Waals surface area (Å²) in [5, 5.41) is 3.53. The van der Waals surface area contributed by atoms with E-state index in [1.165, 1.54) is 11.1 Å². The van der Waals surface area contributed by atoms with Crippen LogP contribution < -0.4 is 5.32 Å². The molecule has 20 heavy (non-hydrogen) atoms. The average Bonchev–Trinajstić information content (AvgIpc) is 2.44. The van der Waals surface area contributed by atoms with E-state index in [4.69, 9.17) is 0 Å². The SMILES string of the molecule is CCNC(CN1CCCC(C)C1=O)c1ccccc1C. The van der Waals surface area contributed by atoms with Crippen molar-refractivity contribution in [1.29, 1.82) is 0 Å². The summed E-state index contributed by atoms with van der Waals surface area (Å²) in [4.78, 5) is 14.3. The summed E-state index contributed by atoms with van der Waals surface area (Å²) in [5.74, 6) is 0.496. The number of amides is 1. The maximum absolute atomic E-state index is 12.3. The summed E-state index contributed by atoms with van der Waals surface area (Å²) < 4.78 is 0. The molecule has 1 aliphatic rings. The van der Waals surface area contributed by atoms with Gasteiger partial charge in [-0.1, -0.05) is 38.1 Å². The zero-order valence-electron chi connectivity index (χ0n) is 12.9. The van der Waals surface area contributed by atoms with Gasteiger partial charge in [0.15, 0.2) is 0 Å². The van der Waals surface area contributed by atoms with E-state index in [0.717, 1.165) is 32.5 Å². The fourth-order valence-corrected chi connectivity index (χ4v) is 3.03. The number of nitrogens with zero attached hydrogens (tertiary/aromatic N) is 1. The van der Waals surface area contributed by atoms with Gasteiger partial charge < -0.3 is 10.2 Å². The van der Waals surface area contributed by atoms with Gasteiger partial charge in [-0.3, -0.25) is 4.79 Å². The molecule has 1 N–H and O–H groups in total. The van der Waals surface area contributed by atoms with Gasteiger partial charge in [0.1, 0.15) is 0 Å². The summed E-state index contributed by atoms with van der Waals surface area (Å²) in [7, 11) is 0. The Morgan fingerprint density at radius 2 is 2.15 bits per heavy atom. The van der Waals surface area contributed by atoms with Crippen molar-refractivity contribution >= 4 is 5.91 Å². The molecule has 1 heterocycles. The van der Waals surface area contributed by atoms with Gasteiger partial charge in [-0.05, 0) is 37.4 Å². The lowest BCUT2D eigenvalue weighted by Gasteiger charge is -2.34. The van der Waals surface area contributed by atoms with Crippen LogP contribution in [0.25, 0.3) is 0 Å². The predicted octanol–water partition coefficient (Wildman–Crippen LogP) is 2.90. The van der Waals surface area contributed by atoms with Crippen molar-refractivity contribution in [2.75, 3.05) is 19.6 Å². The third kappa shape index (κ3) is 3.40. The highest BCUT2D eigenvalue weighted by Gasteiger charge is 2.27. The van der Waals surface area contributed by atoms with Gasteiger partial charge in [-0.25, -0.2) is 0 Å². The van der Waals surface area contributed by atoms with Crippen LogP contribution in [0.15, 0.2) is 24.3 Å². The van der Waals surface area contributed by atoms with Crippen molar-refractivity contribution in [3.63, 3.8) is 0 Å². The van der Waals surface area contributed by atoms with Crippen molar-refractivity contribution in [2.24, 2.45) is 5.92 Å². The molecule has 0 radical (unpaired) electrons. The minimum atomic E-state index is 0.183. The van der Waals surface area contributed by atoms with E-state index in [2.05, 4.69) is 43.4 Å². The topological polar surface area (TPSA) is 32.3 Å². The minimum absolute atomic E-state index is 0.183. The normalized spacial score (nSPS) is 21.1. The zero-order valence-corrected chi connectivity index (χ0v) is 12.9. The number of piperidine rings is 1. The first-order valence-electron chi connectivity index (χ1n) is 7.71. The molecule has 0 bridgehead atoms. The molecule has 1 aromatic carbocycles. The van der Waals surface area contributed by atoms with E-state index in [0.29, 0.717) is 5.91 Å². The minimum Gasteiger partial charge on any atom is -0.341 e. The number of hydrogen-bond donors (Lipinski definition) is 1. The van der Waals surface area contributed by atoms with Gasteiger partial charge in [-0.2, -0.15) is 0 Å². The molecule has 2 unspecified atom stereocenters. The quantitative estimate of drug-likeness (QED) is 0.895. The largest absolute Gasteiger partial charge is 0.341 e. The lowest BCUT2D eigenvalue weighted by molar-refractivity contribution is -0.138. The van der Waals surface area contributed by atoms with Gasteiger partial charge in [0.05, 0.1) is 6.04 Å². The highest BCUT2D eigenvalue weighted by Crippen LogP contribution is 2.23. The molecule has 0 aliphatic carbocycles. The molecule has 0 spiro atoms. The van der Waals surface area contributed by atoms with Crippen LogP contribution in [-0.2, 0) is 4.79 Å². The second-order valence-corrected chi connectivity index (χ2v) is 5.79. The standard InChI is InChI=1S/C17H26N2O/c1-4-18-16(15-10-6-5-8-13(15)2)12-19-11-7-9-14(3)17(19)20/h5-6,8,10,14,16,18H,4,7,9,11-12H2,1-3H3. The van der Waals surface area contributed by atoms with Crippen LogP contribution in [0.4, 0.5) is 0 Å². The number of benzene rings is 1.